The number of hydrogen-bond donors (Lipinski definition) is 2. The third kappa shape index (κ3) is 3.78. The second-order valence-corrected chi connectivity index (χ2v) is 5.96. The third-order valence-corrected chi connectivity index (χ3v) is 4.01. The van der Waals surface area contributed by atoms with Crippen molar-refractivity contribution in [2.75, 3.05) is 0 Å². The maximum absolute atomic E-state index is 9.68. The van der Waals surface area contributed by atoms with Gasteiger partial charge in [-0.2, -0.15) is 4.98 Å². The molecule has 0 aliphatic rings. The Bertz CT molecular complexity index is 969. The molecule has 26 heavy (non-hydrogen) atoms. The molecule has 8 heteroatoms. The first kappa shape index (κ1) is 17.8. The number of aromatic hydroxyl groups is 2. The van der Waals surface area contributed by atoms with E-state index in [2.05, 4.69) is 15.3 Å². The zero-order chi connectivity index (χ0) is 18.7. The Morgan fingerprint density at radius 1 is 1.27 bits per heavy atom. The second-order valence-electron chi connectivity index (χ2n) is 5.58. The van der Waals surface area contributed by atoms with Crippen molar-refractivity contribution in [3.05, 3.63) is 58.4 Å². The van der Waals surface area contributed by atoms with Gasteiger partial charge in [0.15, 0.2) is 11.5 Å². The first-order valence-corrected chi connectivity index (χ1v) is 8.10. The van der Waals surface area contributed by atoms with Gasteiger partial charge in [-0.15, -0.1) is 0 Å². The van der Waals surface area contributed by atoms with Gasteiger partial charge in [0.1, 0.15) is 6.61 Å². The van der Waals surface area contributed by atoms with Crippen LogP contribution in [-0.4, -0.2) is 26.1 Å². The lowest BCUT2D eigenvalue weighted by Gasteiger charge is -2.07. The molecule has 3 rings (SSSR count). The molecule has 134 valence electrons. The Morgan fingerprint density at radius 3 is 2.81 bits per heavy atom. The summed E-state index contributed by atoms with van der Waals surface area (Å²) in [6, 6.07) is 10.4. The topological polar surface area (TPSA) is 101 Å². The number of rotatable bonds is 5. The molecule has 0 saturated carbocycles. The molecule has 0 unspecified atom stereocenters. The fourth-order valence-corrected chi connectivity index (χ4v) is 2.60. The Labute approximate surface area is 154 Å². The van der Waals surface area contributed by atoms with Gasteiger partial charge >= 0.3 is 0 Å². The molecule has 3 aromatic rings. The van der Waals surface area contributed by atoms with Gasteiger partial charge in [0.25, 0.3) is 0 Å². The van der Waals surface area contributed by atoms with E-state index in [4.69, 9.17) is 21.0 Å². The van der Waals surface area contributed by atoms with Crippen LogP contribution in [0.3, 0.4) is 0 Å². The standard InChI is InChI=1S/C18H16ClN3O4/c1-10(14-6-7-15(23)17(24)16(14)19)21-25-9-12-4-3-5-13(8-12)18-20-11(2)26-22-18/h3-8,23-24H,9H2,1-2H3/b21-10+. The number of hydrogen-bond acceptors (Lipinski definition) is 7. The van der Waals surface area contributed by atoms with Gasteiger partial charge in [-0.25, -0.2) is 0 Å². The summed E-state index contributed by atoms with van der Waals surface area (Å²) in [5.41, 5.74) is 2.63. The molecule has 0 atom stereocenters. The van der Waals surface area contributed by atoms with Crippen molar-refractivity contribution in [3.63, 3.8) is 0 Å². The Morgan fingerprint density at radius 2 is 2.08 bits per heavy atom. The number of oxime groups is 1. The van der Waals surface area contributed by atoms with Crippen LogP contribution in [0.4, 0.5) is 0 Å². The van der Waals surface area contributed by atoms with Crippen molar-refractivity contribution in [1.29, 1.82) is 0 Å². The summed E-state index contributed by atoms with van der Waals surface area (Å²) in [5.74, 6) is 0.328. The van der Waals surface area contributed by atoms with E-state index in [0.717, 1.165) is 11.1 Å². The van der Waals surface area contributed by atoms with Crippen LogP contribution in [-0.2, 0) is 11.4 Å². The zero-order valence-corrected chi connectivity index (χ0v) is 14.9. The molecule has 1 heterocycles. The van der Waals surface area contributed by atoms with Crippen LogP contribution >= 0.6 is 11.6 Å². The van der Waals surface area contributed by atoms with Crippen molar-refractivity contribution >= 4 is 17.3 Å². The molecule has 0 amide bonds. The van der Waals surface area contributed by atoms with Crippen LogP contribution in [0.2, 0.25) is 5.02 Å². The van der Waals surface area contributed by atoms with Crippen LogP contribution in [0, 0.1) is 6.92 Å². The highest BCUT2D eigenvalue weighted by Gasteiger charge is 2.12. The number of aromatic nitrogens is 2. The quantitative estimate of drug-likeness (QED) is 0.397. The summed E-state index contributed by atoms with van der Waals surface area (Å²) in [6.07, 6.45) is 0. The van der Waals surface area contributed by atoms with Gasteiger partial charge in [0, 0.05) is 18.1 Å². The lowest BCUT2D eigenvalue weighted by Crippen LogP contribution is -1.98. The van der Waals surface area contributed by atoms with Gasteiger partial charge in [0.05, 0.1) is 10.7 Å². The molecule has 0 saturated heterocycles. The molecule has 0 aliphatic heterocycles. The van der Waals surface area contributed by atoms with Crippen molar-refractivity contribution in [3.8, 4) is 22.9 Å². The van der Waals surface area contributed by atoms with E-state index in [1.807, 2.05) is 24.3 Å². The summed E-state index contributed by atoms with van der Waals surface area (Å²) >= 11 is 6.01. The smallest absolute Gasteiger partial charge is 0.223 e. The van der Waals surface area contributed by atoms with E-state index in [9.17, 15) is 10.2 Å². The molecule has 7 nitrogen and oxygen atoms in total. The molecule has 0 bridgehead atoms. The predicted octanol–water partition coefficient (Wildman–Crippen LogP) is 4.05. The SMILES string of the molecule is C/C(=N\OCc1cccc(-c2noc(C)n2)c1)c1ccc(O)c(O)c1Cl. The van der Waals surface area contributed by atoms with Crippen LogP contribution in [0.15, 0.2) is 46.1 Å². The van der Waals surface area contributed by atoms with Crippen LogP contribution in [0.5, 0.6) is 11.5 Å². The maximum atomic E-state index is 9.68. The summed E-state index contributed by atoms with van der Waals surface area (Å²) in [4.78, 5) is 9.57. The molecular weight excluding hydrogens is 358 g/mol. The number of phenolic OH excluding ortho intramolecular Hbond substituents is 2. The summed E-state index contributed by atoms with van der Waals surface area (Å²) in [7, 11) is 0. The van der Waals surface area contributed by atoms with Crippen molar-refractivity contribution in [2.45, 2.75) is 20.5 Å². The van der Waals surface area contributed by atoms with E-state index in [1.54, 1.807) is 19.9 Å². The summed E-state index contributed by atoms with van der Waals surface area (Å²) in [5, 5.41) is 27.0. The molecule has 1 aromatic heterocycles. The molecule has 0 fully saturated rings. The number of halogens is 1. The fourth-order valence-electron chi connectivity index (χ4n) is 2.30. The van der Waals surface area contributed by atoms with E-state index in [-0.39, 0.29) is 23.1 Å². The second kappa shape index (κ2) is 7.45. The highest BCUT2D eigenvalue weighted by molar-refractivity contribution is 6.35. The van der Waals surface area contributed by atoms with E-state index < -0.39 is 0 Å². The lowest BCUT2D eigenvalue weighted by atomic mass is 10.1. The highest BCUT2D eigenvalue weighted by Crippen LogP contribution is 2.35. The molecule has 0 radical (unpaired) electrons. The Balaban J connectivity index is 1.71. The minimum atomic E-state index is -0.387. The van der Waals surface area contributed by atoms with Gasteiger partial charge in [0.2, 0.25) is 11.7 Å². The Kier molecular flexibility index (Phi) is 5.09. The van der Waals surface area contributed by atoms with E-state index in [0.29, 0.717) is 23.0 Å². The minimum Gasteiger partial charge on any atom is -0.504 e. The first-order valence-electron chi connectivity index (χ1n) is 7.72. The number of phenols is 2. The minimum absolute atomic E-state index is 0.0179. The number of nitrogens with zero attached hydrogens (tertiary/aromatic N) is 3. The predicted molar refractivity (Wildman–Crippen MR) is 96.3 cm³/mol. The molecule has 2 aromatic carbocycles. The van der Waals surface area contributed by atoms with E-state index >= 15 is 0 Å². The highest BCUT2D eigenvalue weighted by atomic mass is 35.5. The van der Waals surface area contributed by atoms with Crippen LogP contribution < -0.4 is 0 Å². The molecule has 0 spiro atoms. The van der Waals surface area contributed by atoms with E-state index in [1.165, 1.54) is 6.07 Å². The summed E-state index contributed by atoms with van der Waals surface area (Å²) < 4.78 is 4.98. The van der Waals surface area contributed by atoms with Crippen molar-refractivity contribution in [1.82, 2.24) is 10.1 Å². The van der Waals surface area contributed by atoms with Gasteiger partial charge in [-0.1, -0.05) is 40.1 Å². The lowest BCUT2D eigenvalue weighted by molar-refractivity contribution is 0.130. The normalized spacial score (nSPS) is 11.6. The largest absolute Gasteiger partial charge is 0.504 e. The zero-order valence-electron chi connectivity index (χ0n) is 14.1. The molecular formula is C18H16ClN3O4. The number of aryl methyl sites for hydroxylation is 1. The molecule has 2 N–H and O–H groups in total. The van der Waals surface area contributed by atoms with Gasteiger partial charge in [-0.3, -0.25) is 0 Å². The van der Waals surface area contributed by atoms with Gasteiger partial charge in [-0.05, 0) is 30.7 Å². The van der Waals surface area contributed by atoms with Crippen molar-refractivity contribution < 1.29 is 19.6 Å². The first-order chi connectivity index (χ1) is 12.5. The Hall–Kier alpha value is -3.06. The monoisotopic (exact) mass is 373 g/mol. The maximum Gasteiger partial charge on any atom is 0.223 e. The van der Waals surface area contributed by atoms with Gasteiger partial charge < -0.3 is 19.6 Å². The van der Waals surface area contributed by atoms with Crippen LogP contribution in [0.25, 0.3) is 11.4 Å². The average Bonchev–Trinajstić information content (AvgIpc) is 3.06. The summed E-state index contributed by atoms with van der Waals surface area (Å²) in [6.45, 7) is 3.65. The third-order valence-electron chi connectivity index (χ3n) is 3.63. The van der Waals surface area contributed by atoms with Crippen molar-refractivity contribution in [2.24, 2.45) is 5.16 Å². The molecule has 0 aliphatic carbocycles. The number of benzene rings is 2. The average molecular weight is 374 g/mol. The van der Waals surface area contributed by atoms with Crippen LogP contribution in [0.1, 0.15) is 23.9 Å². The fraction of sp³-hybridized carbons (Fsp3) is 0.167.